The molecule has 0 aliphatic carbocycles. The van der Waals surface area contributed by atoms with Crippen molar-refractivity contribution >= 4 is 17.8 Å². The van der Waals surface area contributed by atoms with E-state index in [2.05, 4.69) is 10.4 Å². The van der Waals surface area contributed by atoms with Crippen molar-refractivity contribution in [2.45, 2.75) is 40.2 Å². The third kappa shape index (κ3) is 6.50. The molecule has 1 aromatic heterocycles. The summed E-state index contributed by atoms with van der Waals surface area (Å²) in [7, 11) is 3.17. The number of ether oxygens (including phenoxy) is 4. The van der Waals surface area contributed by atoms with E-state index in [1.165, 1.54) is 0 Å². The molecule has 0 saturated heterocycles. The van der Waals surface area contributed by atoms with Gasteiger partial charge in [-0.3, -0.25) is 0 Å². The van der Waals surface area contributed by atoms with Gasteiger partial charge in [-0.1, -0.05) is 13.8 Å². The summed E-state index contributed by atoms with van der Waals surface area (Å²) < 4.78 is 22.5. The van der Waals surface area contributed by atoms with Gasteiger partial charge in [-0.05, 0) is 31.9 Å². The van der Waals surface area contributed by atoms with Crippen molar-refractivity contribution in [2.75, 3.05) is 32.8 Å². The van der Waals surface area contributed by atoms with Crippen LogP contribution in [0.5, 0.6) is 11.5 Å². The smallest absolute Gasteiger partial charge is 0.355 e. The third-order valence-corrected chi connectivity index (χ3v) is 4.51. The highest BCUT2D eigenvalue weighted by Crippen LogP contribution is 2.27. The summed E-state index contributed by atoms with van der Waals surface area (Å²) in [6.45, 7) is 8.14. The second kappa shape index (κ2) is 11.8. The molecule has 1 heterocycles. The summed E-state index contributed by atoms with van der Waals surface area (Å²) in [4.78, 5) is 24.4. The van der Waals surface area contributed by atoms with E-state index in [1.54, 1.807) is 38.8 Å². The van der Waals surface area contributed by atoms with Crippen LogP contribution in [0.1, 0.15) is 44.9 Å². The van der Waals surface area contributed by atoms with E-state index < -0.39 is 11.9 Å². The summed E-state index contributed by atoms with van der Waals surface area (Å²) in [6, 6.07) is 7.35. The van der Waals surface area contributed by atoms with E-state index in [0.717, 1.165) is 17.3 Å². The normalized spacial score (nSPS) is 11.3. The molecule has 0 aliphatic heterocycles. The van der Waals surface area contributed by atoms with Gasteiger partial charge in [0.2, 0.25) is 0 Å². The van der Waals surface area contributed by atoms with Gasteiger partial charge in [-0.25, -0.2) is 14.3 Å². The first kappa shape index (κ1) is 24.8. The van der Waals surface area contributed by atoms with Gasteiger partial charge in [-0.2, -0.15) is 5.10 Å². The van der Waals surface area contributed by atoms with Crippen LogP contribution in [0.15, 0.2) is 36.0 Å². The lowest BCUT2D eigenvalue weighted by atomic mass is 10.1. The molecule has 0 aliphatic rings. The molecule has 9 nitrogen and oxygen atoms in total. The summed E-state index contributed by atoms with van der Waals surface area (Å²) in [5.41, 5.74) is 1.64. The highest BCUT2D eigenvalue weighted by molar-refractivity contribution is 5.98. The molecule has 174 valence electrons. The minimum absolute atomic E-state index is 0.0385. The number of esters is 2. The van der Waals surface area contributed by atoms with E-state index in [9.17, 15) is 9.59 Å². The van der Waals surface area contributed by atoms with Crippen molar-refractivity contribution in [1.29, 1.82) is 0 Å². The third-order valence-electron chi connectivity index (χ3n) is 4.51. The first-order chi connectivity index (χ1) is 15.3. The van der Waals surface area contributed by atoms with Crippen molar-refractivity contribution in [1.82, 2.24) is 9.78 Å². The predicted molar refractivity (Wildman–Crippen MR) is 120 cm³/mol. The van der Waals surface area contributed by atoms with Gasteiger partial charge in [0.15, 0.2) is 0 Å². The molecule has 0 unspecified atom stereocenters. The van der Waals surface area contributed by atoms with Crippen LogP contribution in [-0.4, -0.2) is 49.2 Å². The van der Waals surface area contributed by atoms with E-state index >= 15 is 0 Å². The monoisotopic (exact) mass is 445 g/mol. The van der Waals surface area contributed by atoms with Crippen LogP contribution in [-0.2, 0) is 25.6 Å². The average molecular weight is 446 g/mol. The van der Waals surface area contributed by atoms with Gasteiger partial charge in [0, 0.05) is 17.7 Å². The number of hydrogen-bond donors (Lipinski definition) is 1. The number of nitrogens with zero attached hydrogens (tertiary/aromatic N) is 2. The largest absolute Gasteiger partial charge is 0.497 e. The number of nitrogens with one attached hydrogen (secondary N) is 1. The van der Waals surface area contributed by atoms with Gasteiger partial charge in [0.25, 0.3) is 0 Å². The second-order valence-corrected chi connectivity index (χ2v) is 7.10. The van der Waals surface area contributed by atoms with E-state index in [0.29, 0.717) is 23.9 Å². The maximum atomic E-state index is 12.4. The van der Waals surface area contributed by atoms with Crippen LogP contribution in [0.25, 0.3) is 0 Å². The summed E-state index contributed by atoms with van der Waals surface area (Å²) in [6.07, 6.45) is 1.09. The zero-order chi connectivity index (χ0) is 23.7. The number of carbonyl (C=O) groups excluding carboxylic acids is 2. The van der Waals surface area contributed by atoms with Gasteiger partial charge < -0.3 is 24.3 Å². The Hall–Kier alpha value is -3.49. The molecule has 9 heteroatoms. The first-order valence-corrected chi connectivity index (χ1v) is 10.4. The number of aromatic nitrogens is 2. The molecule has 0 fully saturated rings. The van der Waals surface area contributed by atoms with Crippen LogP contribution < -0.4 is 14.8 Å². The number of benzene rings is 1. The Balaban J connectivity index is 2.44. The maximum Gasteiger partial charge on any atom is 0.355 e. The van der Waals surface area contributed by atoms with Crippen molar-refractivity contribution in [3.63, 3.8) is 0 Å². The number of methoxy groups -OCH3 is 2. The Morgan fingerprint density at radius 3 is 2.41 bits per heavy atom. The summed E-state index contributed by atoms with van der Waals surface area (Å²) >= 11 is 0. The fourth-order valence-electron chi connectivity index (χ4n) is 2.88. The lowest BCUT2D eigenvalue weighted by molar-refractivity contribution is -0.140. The molecule has 1 aromatic carbocycles. The van der Waals surface area contributed by atoms with Gasteiger partial charge in [0.1, 0.15) is 23.0 Å². The van der Waals surface area contributed by atoms with E-state index in [-0.39, 0.29) is 24.8 Å². The van der Waals surface area contributed by atoms with Crippen LogP contribution in [0, 0.1) is 0 Å². The quantitative estimate of drug-likeness (QED) is 0.414. The minimum atomic E-state index is -0.665. The molecular formula is C23H31N3O6. The number of rotatable bonds is 11. The van der Waals surface area contributed by atoms with Gasteiger partial charge in [-0.15, -0.1) is 0 Å². The maximum absolute atomic E-state index is 12.4. The zero-order valence-electron chi connectivity index (χ0n) is 19.4. The molecule has 0 radical (unpaired) electrons. The molecule has 1 N–H and O–H groups in total. The van der Waals surface area contributed by atoms with Crippen LogP contribution in [0.3, 0.4) is 0 Å². The number of carbonyl (C=O) groups is 2. The van der Waals surface area contributed by atoms with Crippen molar-refractivity contribution in [3.8, 4) is 11.5 Å². The standard InChI is InChI=1S/C23H31N3O6/c1-7-31-22(27)13-19(23(28)32-8-2)24-21-12-18(15(3)4)25-26(21)14-16-9-10-17(29-5)11-20(16)30-6/h9-13,15,24H,7-8,14H2,1-6H3. The number of anilines is 1. The van der Waals surface area contributed by atoms with Crippen molar-refractivity contribution in [3.05, 3.63) is 47.3 Å². The molecule has 2 aromatic rings. The van der Waals surface area contributed by atoms with Crippen molar-refractivity contribution in [2.24, 2.45) is 0 Å². The SMILES string of the molecule is CCOC(=O)C=C(Nc1cc(C(C)C)nn1Cc1ccc(OC)cc1OC)C(=O)OCC. The summed E-state index contributed by atoms with van der Waals surface area (Å²) in [5.74, 6) is 0.681. The fourth-order valence-corrected chi connectivity index (χ4v) is 2.88. The van der Waals surface area contributed by atoms with Crippen LogP contribution >= 0.6 is 0 Å². The topological polar surface area (TPSA) is 101 Å². The second-order valence-electron chi connectivity index (χ2n) is 7.10. The van der Waals surface area contributed by atoms with Gasteiger partial charge in [0.05, 0.1) is 45.7 Å². The first-order valence-electron chi connectivity index (χ1n) is 10.4. The Labute approximate surface area is 188 Å². The lowest BCUT2D eigenvalue weighted by Crippen LogP contribution is -2.19. The van der Waals surface area contributed by atoms with E-state index in [1.807, 2.05) is 32.0 Å². The average Bonchev–Trinajstić information content (AvgIpc) is 3.16. The van der Waals surface area contributed by atoms with Crippen LogP contribution in [0.4, 0.5) is 5.82 Å². The predicted octanol–water partition coefficient (Wildman–Crippen LogP) is 3.49. The highest BCUT2D eigenvalue weighted by atomic mass is 16.5. The molecule has 0 saturated carbocycles. The van der Waals surface area contributed by atoms with Gasteiger partial charge >= 0.3 is 11.9 Å². The molecule has 0 spiro atoms. The molecular weight excluding hydrogens is 414 g/mol. The molecule has 32 heavy (non-hydrogen) atoms. The Kier molecular flexibility index (Phi) is 9.12. The summed E-state index contributed by atoms with van der Waals surface area (Å²) in [5, 5.41) is 7.67. The Morgan fingerprint density at radius 2 is 1.81 bits per heavy atom. The molecule has 0 bridgehead atoms. The Morgan fingerprint density at radius 1 is 1.09 bits per heavy atom. The van der Waals surface area contributed by atoms with Crippen molar-refractivity contribution < 1.29 is 28.5 Å². The lowest BCUT2D eigenvalue weighted by Gasteiger charge is -2.14. The number of hydrogen-bond acceptors (Lipinski definition) is 8. The molecule has 0 atom stereocenters. The van der Waals surface area contributed by atoms with Crippen LogP contribution in [0.2, 0.25) is 0 Å². The molecule has 0 amide bonds. The minimum Gasteiger partial charge on any atom is -0.497 e. The fraction of sp³-hybridized carbons (Fsp3) is 0.435. The van der Waals surface area contributed by atoms with E-state index in [4.69, 9.17) is 18.9 Å². The molecule has 2 rings (SSSR count). The highest BCUT2D eigenvalue weighted by Gasteiger charge is 2.19. The Bertz CT molecular complexity index is 965. The zero-order valence-corrected chi connectivity index (χ0v) is 19.4.